The lowest BCUT2D eigenvalue weighted by Gasteiger charge is -2.27. The summed E-state index contributed by atoms with van der Waals surface area (Å²) in [6.07, 6.45) is 6.50. The number of rotatable bonds is 4. The van der Waals surface area contributed by atoms with Gasteiger partial charge in [-0.05, 0) is 18.8 Å². The van der Waals surface area contributed by atoms with Crippen molar-refractivity contribution in [2.45, 2.75) is 32.1 Å². The summed E-state index contributed by atoms with van der Waals surface area (Å²) in [4.78, 5) is 18.1. The molecule has 1 saturated carbocycles. The summed E-state index contributed by atoms with van der Waals surface area (Å²) in [7, 11) is 3.55. The Bertz CT molecular complexity index is 288. The zero-order valence-corrected chi connectivity index (χ0v) is 13.6. The minimum Gasteiger partial charge on any atom is -0.365 e. The van der Waals surface area contributed by atoms with E-state index < -0.39 is 0 Å². The summed E-state index contributed by atoms with van der Waals surface area (Å²) in [5.74, 6) is 1.19. The first-order valence-electron chi connectivity index (χ1n) is 6.71. The van der Waals surface area contributed by atoms with Crippen LogP contribution in [0.3, 0.4) is 0 Å². The van der Waals surface area contributed by atoms with E-state index in [-0.39, 0.29) is 5.91 Å². The molecule has 0 bridgehead atoms. The van der Waals surface area contributed by atoms with Gasteiger partial charge >= 0.3 is 0 Å². The molecule has 1 amide bonds. The molecule has 1 N–H and O–H groups in total. The number of carbonyl (C=O) groups excluding carboxylic acids is 1. The van der Waals surface area contributed by atoms with E-state index in [4.69, 9.17) is 0 Å². The molecule has 0 unspecified atom stereocenters. The molecule has 0 saturated heterocycles. The van der Waals surface area contributed by atoms with Gasteiger partial charge in [-0.25, -0.2) is 0 Å². The predicted molar refractivity (Wildman–Crippen MR) is 84.5 cm³/mol. The van der Waals surface area contributed by atoms with Crippen LogP contribution in [0.25, 0.3) is 0 Å². The molecule has 0 aromatic rings. The Labute approximate surface area is 124 Å². The third-order valence-corrected chi connectivity index (χ3v) is 3.96. The van der Waals surface area contributed by atoms with Crippen LogP contribution in [0.2, 0.25) is 0 Å². The van der Waals surface area contributed by atoms with Crippen molar-refractivity contribution in [2.75, 3.05) is 31.6 Å². The fourth-order valence-electron chi connectivity index (χ4n) is 2.44. The minimum absolute atomic E-state index is 0.0212. The van der Waals surface area contributed by atoms with Crippen molar-refractivity contribution in [3.8, 4) is 0 Å². The molecule has 18 heavy (non-hydrogen) atoms. The average molecular weight is 365 g/mol. The van der Waals surface area contributed by atoms with Gasteiger partial charge in [-0.2, -0.15) is 0 Å². The first-order chi connectivity index (χ1) is 8.69. The number of amidine groups is 1. The van der Waals surface area contributed by atoms with Gasteiger partial charge in [0.1, 0.15) is 0 Å². The summed E-state index contributed by atoms with van der Waals surface area (Å²) in [6.45, 7) is 1.65. The molecule has 1 fully saturated rings. The second kappa shape index (κ2) is 8.72. The normalized spacial score (nSPS) is 17.6. The van der Waals surface area contributed by atoms with Crippen LogP contribution >= 0.6 is 22.6 Å². The van der Waals surface area contributed by atoms with Gasteiger partial charge < -0.3 is 10.2 Å². The van der Waals surface area contributed by atoms with Crippen LogP contribution in [-0.2, 0) is 4.79 Å². The van der Waals surface area contributed by atoms with E-state index in [0.717, 1.165) is 17.5 Å². The van der Waals surface area contributed by atoms with Crippen LogP contribution in [0.1, 0.15) is 32.1 Å². The van der Waals surface area contributed by atoms with E-state index >= 15 is 0 Å². The monoisotopic (exact) mass is 365 g/mol. The maximum absolute atomic E-state index is 12.2. The highest BCUT2D eigenvalue weighted by atomic mass is 127. The highest BCUT2D eigenvalue weighted by Gasteiger charge is 2.20. The number of nitrogens with one attached hydrogen (secondary N) is 1. The number of amides is 1. The molecule has 0 aromatic carbocycles. The third kappa shape index (κ3) is 5.12. The van der Waals surface area contributed by atoms with Crippen molar-refractivity contribution in [3.05, 3.63) is 0 Å². The second-order valence-electron chi connectivity index (χ2n) is 4.88. The Morgan fingerprint density at radius 3 is 2.61 bits per heavy atom. The van der Waals surface area contributed by atoms with Crippen molar-refractivity contribution in [1.29, 1.82) is 0 Å². The number of carbonyl (C=O) groups is 1. The standard InChI is InChI=1S/C13H24IN3O/c1-15-12(16-9-8-14)13(18)17(2)10-11-6-4-3-5-7-11/h11H,3-10H2,1-2H3,(H,15,16). The number of hydrogen-bond donors (Lipinski definition) is 1. The molecular weight excluding hydrogens is 341 g/mol. The van der Waals surface area contributed by atoms with Gasteiger partial charge in [0, 0.05) is 31.6 Å². The lowest BCUT2D eigenvalue weighted by Crippen LogP contribution is -2.43. The quantitative estimate of drug-likeness (QED) is 0.359. The Balaban J connectivity index is 2.43. The van der Waals surface area contributed by atoms with E-state index in [0.29, 0.717) is 11.8 Å². The summed E-state index contributed by atoms with van der Waals surface area (Å²) in [6, 6.07) is 0. The van der Waals surface area contributed by atoms with Crippen LogP contribution in [0.15, 0.2) is 4.99 Å². The van der Waals surface area contributed by atoms with Crippen molar-refractivity contribution >= 4 is 34.3 Å². The molecule has 1 rings (SSSR count). The number of aliphatic imine (C=N–C) groups is 1. The van der Waals surface area contributed by atoms with Crippen LogP contribution in [-0.4, -0.2) is 48.3 Å². The van der Waals surface area contributed by atoms with Gasteiger partial charge in [0.15, 0.2) is 5.84 Å². The van der Waals surface area contributed by atoms with Gasteiger partial charge in [-0.1, -0.05) is 41.9 Å². The highest BCUT2D eigenvalue weighted by Crippen LogP contribution is 2.24. The molecule has 0 heterocycles. The number of halogens is 1. The summed E-state index contributed by atoms with van der Waals surface area (Å²) in [5, 5.41) is 3.09. The fraction of sp³-hybridized carbons (Fsp3) is 0.846. The maximum atomic E-state index is 12.2. The lowest BCUT2D eigenvalue weighted by molar-refractivity contribution is -0.123. The predicted octanol–water partition coefficient (Wildman–Crippen LogP) is 2.08. The molecule has 0 atom stereocenters. The molecule has 4 nitrogen and oxygen atoms in total. The summed E-state index contributed by atoms with van der Waals surface area (Å²) < 4.78 is 0.969. The van der Waals surface area contributed by atoms with Crippen molar-refractivity contribution in [3.63, 3.8) is 0 Å². The first kappa shape index (κ1) is 15.7. The fourth-order valence-corrected chi connectivity index (χ4v) is 2.71. The molecule has 0 spiro atoms. The van der Waals surface area contributed by atoms with E-state index in [1.165, 1.54) is 32.1 Å². The van der Waals surface area contributed by atoms with Crippen LogP contribution < -0.4 is 5.32 Å². The maximum Gasteiger partial charge on any atom is 0.288 e. The number of hydrogen-bond acceptors (Lipinski definition) is 2. The van der Waals surface area contributed by atoms with E-state index in [1.807, 2.05) is 11.9 Å². The topological polar surface area (TPSA) is 44.7 Å². The Morgan fingerprint density at radius 2 is 2.06 bits per heavy atom. The first-order valence-corrected chi connectivity index (χ1v) is 8.23. The van der Waals surface area contributed by atoms with Crippen LogP contribution in [0.5, 0.6) is 0 Å². The second-order valence-corrected chi connectivity index (χ2v) is 5.96. The molecule has 0 aliphatic heterocycles. The number of likely N-dealkylation sites (N-methyl/N-ethyl adjacent to an activating group) is 1. The Morgan fingerprint density at radius 1 is 1.39 bits per heavy atom. The van der Waals surface area contributed by atoms with Gasteiger partial charge in [-0.15, -0.1) is 0 Å². The third-order valence-electron chi connectivity index (χ3n) is 3.42. The Kier molecular flexibility index (Phi) is 7.62. The zero-order chi connectivity index (χ0) is 13.4. The molecule has 1 aliphatic rings. The van der Waals surface area contributed by atoms with Crippen molar-refractivity contribution < 1.29 is 4.79 Å². The molecule has 0 radical (unpaired) electrons. The summed E-state index contributed by atoms with van der Waals surface area (Å²) in [5.41, 5.74) is 0. The van der Waals surface area contributed by atoms with E-state index in [1.54, 1.807) is 7.05 Å². The lowest BCUT2D eigenvalue weighted by atomic mass is 9.89. The number of nitrogens with zero attached hydrogens (tertiary/aromatic N) is 2. The van der Waals surface area contributed by atoms with Crippen LogP contribution in [0.4, 0.5) is 0 Å². The van der Waals surface area contributed by atoms with Gasteiger partial charge in [0.25, 0.3) is 5.91 Å². The van der Waals surface area contributed by atoms with Crippen molar-refractivity contribution in [2.24, 2.45) is 10.9 Å². The molecular formula is C13H24IN3O. The smallest absolute Gasteiger partial charge is 0.288 e. The molecule has 0 aromatic heterocycles. The minimum atomic E-state index is 0.0212. The number of alkyl halides is 1. The SMILES string of the molecule is C/N=C(/NCCI)C(=O)N(C)CC1CCCCC1. The van der Waals surface area contributed by atoms with Gasteiger partial charge in [0.2, 0.25) is 0 Å². The molecule has 104 valence electrons. The highest BCUT2D eigenvalue weighted by molar-refractivity contribution is 14.1. The zero-order valence-electron chi connectivity index (χ0n) is 11.4. The molecule has 5 heteroatoms. The van der Waals surface area contributed by atoms with Crippen molar-refractivity contribution in [1.82, 2.24) is 10.2 Å². The van der Waals surface area contributed by atoms with Gasteiger partial charge in [0.05, 0.1) is 0 Å². The Hall–Kier alpha value is -0.330. The summed E-state index contributed by atoms with van der Waals surface area (Å²) >= 11 is 2.28. The molecule has 1 aliphatic carbocycles. The van der Waals surface area contributed by atoms with Crippen LogP contribution in [0, 0.1) is 5.92 Å². The van der Waals surface area contributed by atoms with E-state index in [9.17, 15) is 4.79 Å². The average Bonchev–Trinajstić information content (AvgIpc) is 2.40. The van der Waals surface area contributed by atoms with E-state index in [2.05, 4.69) is 32.9 Å². The largest absolute Gasteiger partial charge is 0.365 e. The van der Waals surface area contributed by atoms with Gasteiger partial charge in [-0.3, -0.25) is 9.79 Å².